The van der Waals surface area contributed by atoms with Gasteiger partial charge in [0.05, 0.1) is 11.1 Å². The van der Waals surface area contributed by atoms with Crippen molar-refractivity contribution in [3.63, 3.8) is 0 Å². The minimum atomic E-state index is -4.89. The van der Waals surface area contributed by atoms with E-state index in [1.54, 1.807) is 20.8 Å². The van der Waals surface area contributed by atoms with E-state index in [2.05, 4.69) is 6.92 Å². The van der Waals surface area contributed by atoms with Crippen LogP contribution in [0.3, 0.4) is 0 Å². The van der Waals surface area contributed by atoms with Gasteiger partial charge in [0, 0.05) is 19.1 Å². The highest BCUT2D eigenvalue weighted by Gasteiger charge is 2.41. The molecule has 1 atom stereocenters. The fraction of sp³-hybridized carbons (Fsp3) is 0.739. The number of benzene rings is 1. The zero-order valence-corrected chi connectivity index (χ0v) is 18.8. The molecule has 0 spiro atoms. The van der Waals surface area contributed by atoms with E-state index in [4.69, 9.17) is 9.47 Å². The van der Waals surface area contributed by atoms with E-state index in [0.29, 0.717) is 12.8 Å². The molecule has 31 heavy (non-hydrogen) atoms. The van der Waals surface area contributed by atoms with Gasteiger partial charge in [0.15, 0.2) is 5.79 Å². The van der Waals surface area contributed by atoms with Crippen LogP contribution in [-0.4, -0.2) is 19.0 Å². The van der Waals surface area contributed by atoms with Gasteiger partial charge in [0.2, 0.25) is 0 Å². The van der Waals surface area contributed by atoms with Crippen molar-refractivity contribution >= 4 is 0 Å². The van der Waals surface area contributed by atoms with E-state index in [0.717, 1.165) is 44.2 Å². The first-order valence-corrected chi connectivity index (χ1v) is 11.0. The average molecular weight is 457 g/mol. The standard InChI is InChI=1S/C23H34F6O2/c1-5-8-9-10-11-12-13-20(21(4,30-6-2)31-7-3)17-14-18(22(24,25)26)16-19(15-17)23(27,28)29/h14-16,20H,5-13H2,1-4H3. The maximum atomic E-state index is 13.4. The van der Waals surface area contributed by atoms with Crippen molar-refractivity contribution in [2.24, 2.45) is 0 Å². The molecule has 0 aliphatic carbocycles. The summed E-state index contributed by atoms with van der Waals surface area (Å²) in [6, 6.07) is 1.75. The third-order valence-corrected chi connectivity index (χ3v) is 5.35. The Labute approximate surface area is 181 Å². The summed E-state index contributed by atoms with van der Waals surface area (Å²) in [6.45, 7) is 7.55. The third-order valence-electron chi connectivity index (χ3n) is 5.35. The highest BCUT2D eigenvalue weighted by atomic mass is 19.4. The molecular formula is C23H34F6O2. The highest BCUT2D eigenvalue weighted by Crippen LogP contribution is 2.42. The van der Waals surface area contributed by atoms with Gasteiger partial charge in [-0.1, -0.05) is 45.4 Å². The van der Waals surface area contributed by atoms with Gasteiger partial charge in [-0.3, -0.25) is 0 Å². The van der Waals surface area contributed by atoms with Crippen molar-refractivity contribution in [2.45, 2.75) is 96.7 Å². The van der Waals surface area contributed by atoms with E-state index in [9.17, 15) is 26.3 Å². The predicted octanol–water partition coefficient (Wildman–Crippen LogP) is 8.35. The molecule has 1 rings (SSSR count). The lowest BCUT2D eigenvalue weighted by Gasteiger charge is -2.38. The van der Waals surface area contributed by atoms with Crippen LogP contribution in [0, 0.1) is 0 Å². The number of ether oxygens (including phenoxy) is 2. The second-order valence-electron chi connectivity index (χ2n) is 7.83. The Hall–Kier alpha value is -1.28. The van der Waals surface area contributed by atoms with Gasteiger partial charge in [0.25, 0.3) is 0 Å². The summed E-state index contributed by atoms with van der Waals surface area (Å²) in [7, 11) is 0. The molecule has 0 aromatic heterocycles. The zero-order chi connectivity index (χ0) is 23.7. The molecule has 0 fully saturated rings. The molecule has 0 aliphatic heterocycles. The van der Waals surface area contributed by atoms with Crippen LogP contribution in [0.25, 0.3) is 0 Å². The largest absolute Gasteiger partial charge is 0.416 e. The lowest BCUT2D eigenvalue weighted by molar-refractivity contribution is -0.236. The van der Waals surface area contributed by atoms with E-state index in [1.165, 1.54) is 0 Å². The Kier molecular flexibility index (Phi) is 10.8. The van der Waals surface area contributed by atoms with Crippen molar-refractivity contribution in [3.8, 4) is 0 Å². The molecule has 0 saturated heterocycles. The monoisotopic (exact) mass is 456 g/mol. The van der Waals surface area contributed by atoms with Gasteiger partial charge in [-0.15, -0.1) is 0 Å². The Morgan fingerprint density at radius 1 is 0.710 bits per heavy atom. The Bertz CT molecular complexity index is 616. The van der Waals surface area contributed by atoms with Crippen molar-refractivity contribution < 1.29 is 35.8 Å². The molecule has 0 N–H and O–H groups in total. The van der Waals surface area contributed by atoms with Gasteiger partial charge >= 0.3 is 12.4 Å². The van der Waals surface area contributed by atoms with Gasteiger partial charge in [-0.05, 0) is 51.0 Å². The first-order chi connectivity index (χ1) is 14.4. The van der Waals surface area contributed by atoms with Gasteiger partial charge in [-0.25, -0.2) is 0 Å². The third kappa shape index (κ3) is 8.64. The molecule has 0 amide bonds. The quantitative estimate of drug-likeness (QED) is 0.169. The highest BCUT2D eigenvalue weighted by molar-refractivity contribution is 5.36. The fourth-order valence-electron chi connectivity index (χ4n) is 3.86. The van der Waals surface area contributed by atoms with Crippen LogP contribution in [0.5, 0.6) is 0 Å². The fourth-order valence-corrected chi connectivity index (χ4v) is 3.86. The second kappa shape index (κ2) is 12.1. The molecule has 0 heterocycles. The zero-order valence-electron chi connectivity index (χ0n) is 18.8. The molecule has 0 aliphatic rings. The van der Waals surface area contributed by atoms with Crippen molar-refractivity contribution in [1.82, 2.24) is 0 Å². The van der Waals surface area contributed by atoms with Crippen molar-refractivity contribution in [3.05, 3.63) is 34.9 Å². The molecule has 1 unspecified atom stereocenters. The Balaban J connectivity index is 3.38. The van der Waals surface area contributed by atoms with Crippen LogP contribution >= 0.6 is 0 Å². The van der Waals surface area contributed by atoms with Gasteiger partial charge < -0.3 is 9.47 Å². The van der Waals surface area contributed by atoms with Crippen LogP contribution < -0.4 is 0 Å². The first-order valence-electron chi connectivity index (χ1n) is 11.0. The van der Waals surface area contributed by atoms with E-state index in [1.807, 2.05) is 0 Å². The van der Waals surface area contributed by atoms with Crippen LogP contribution in [-0.2, 0) is 21.8 Å². The molecule has 1 aromatic carbocycles. The van der Waals surface area contributed by atoms with Crippen LogP contribution in [0.15, 0.2) is 18.2 Å². The molecule has 0 bridgehead atoms. The van der Waals surface area contributed by atoms with E-state index < -0.39 is 35.2 Å². The Morgan fingerprint density at radius 2 is 1.16 bits per heavy atom. The average Bonchev–Trinajstić information content (AvgIpc) is 2.66. The van der Waals surface area contributed by atoms with Gasteiger partial charge in [-0.2, -0.15) is 26.3 Å². The lowest BCUT2D eigenvalue weighted by Crippen LogP contribution is -2.40. The van der Waals surface area contributed by atoms with Crippen molar-refractivity contribution in [2.75, 3.05) is 13.2 Å². The summed E-state index contributed by atoms with van der Waals surface area (Å²) < 4.78 is 91.8. The minimum Gasteiger partial charge on any atom is -0.350 e. The summed E-state index contributed by atoms with van der Waals surface area (Å²) in [5.74, 6) is -2.11. The summed E-state index contributed by atoms with van der Waals surface area (Å²) >= 11 is 0. The molecule has 1 aromatic rings. The Morgan fingerprint density at radius 3 is 1.58 bits per heavy atom. The molecule has 0 radical (unpaired) electrons. The number of alkyl halides is 6. The van der Waals surface area contributed by atoms with Crippen LogP contribution in [0.4, 0.5) is 26.3 Å². The molecule has 180 valence electrons. The molecule has 2 nitrogen and oxygen atoms in total. The van der Waals surface area contributed by atoms with Crippen LogP contribution in [0.2, 0.25) is 0 Å². The lowest BCUT2D eigenvalue weighted by atomic mass is 9.84. The normalized spacial score (nSPS) is 14.1. The number of hydrogen-bond acceptors (Lipinski definition) is 2. The van der Waals surface area contributed by atoms with E-state index in [-0.39, 0.29) is 24.8 Å². The SMILES string of the molecule is CCCCCCCCC(c1cc(C(F)(F)F)cc(C(F)(F)F)c1)C(C)(OCC)OCC. The summed E-state index contributed by atoms with van der Waals surface area (Å²) in [5, 5.41) is 0. The maximum Gasteiger partial charge on any atom is 0.416 e. The van der Waals surface area contributed by atoms with Gasteiger partial charge in [0.1, 0.15) is 0 Å². The summed E-state index contributed by atoms with van der Waals surface area (Å²) in [4.78, 5) is 0. The molecule has 8 heteroatoms. The number of halogens is 6. The smallest absolute Gasteiger partial charge is 0.350 e. The summed E-state index contributed by atoms with van der Waals surface area (Å²) in [5.41, 5.74) is -2.71. The molecule has 0 saturated carbocycles. The predicted molar refractivity (Wildman–Crippen MR) is 109 cm³/mol. The second-order valence-corrected chi connectivity index (χ2v) is 7.83. The first kappa shape index (κ1) is 27.8. The molecular weight excluding hydrogens is 422 g/mol. The minimum absolute atomic E-state index is 0.0693. The number of rotatable bonds is 13. The summed E-state index contributed by atoms with van der Waals surface area (Å²) in [6.07, 6.45) is -3.73. The number of hydrogen-bond donors (Lipinski definition) is 0. The maximum absolute atomic E-state index is 13.4. The van der Waals surface area contributed by atoms with Crippen molar-refractivity contribution in [1.29, 1.82) is 0 Å². The number of unbranched alkanes of at least 4 members (excludes halogenated alkanes) is 5. The van der Waals surface area contributed by atoms with E-state index >= 15 is 0 Å². The van der Waals surface area contributed by atoms with Crippen LogP contribution in [0.1, 0.15) is 95.2 Å². The topological polar surface area (TPSA) is 18.5 Å².